The predicted octanol–water partition coefficient (Wildman–Crippen LogP) is 3.41. The van der Waals surface area contributed by atoms with Crippen LogP contribution in [0.25, 0.3) is 0 Å². The summed E-state index contributed by atoms with van der Waals surface area (Å²) in [5, 5.41) is 3.14. The minimum atomic E-state index is -0.136. The maximum atomic E-state index is 11.3. The molecule has 0 aromatic carbocycles. The molecule has 1 fully saturated rings. The molecular formula is C15H24N2O2S. The van der Waals surface area contributed by atoms with Crippen molar-refractivity contribution in [3.63, 3.8) is 0 Å². The molecule has 0 N–H and O–H groups in total. The van der Waals surface area contributed by atoms with Crippen molar-refractivity contribution in [2.75, 3.05) is 18.6 Å². The summed E-state index contributed by atoms with van der Waals surface area (Å²) in [4.78, 5) is 18.3. The zero-order chi connectivity index (χ0) is 14.4. The fourth-order valence-corrected chi connectivity index (χ4v) is 3.56. The lowest BCUT2D eigenvalue weighted by Crippen LogP contribution is -2.33. The van der Waals surface area contributed by atoms with E-state index in [0.29, 0.717) is 25.5 Å². The molecule has 0 radical (unpaired) electrons. The highest BCUT2D eigenvalue weighted by molar-refractivity contribution is 7.13. The topological polar surface area (TPSA) is 42.4 Å². The summed E-state index contributed by atoms with van der Waals surface area (Å²) in [5.41, 5.74) is 1.00. The number of anilines is 1. The molecular weight excluding hydrogens is 272 g/mol. The normalized spacial score (nSPS) is 16.1. The second kappa shape index (κ2) is 7.62. The van der Waals surface area contributed by atoms with E-state index >= 15 is 0 Å². The van der Waals surface area contributed by atoms with Crippen LogP contribution >= 0.6 is 11.3 Å². The van der Waals surface area contributed by atoms with Crippen molar-refractivity contribution in [3.8, 4) is 0 Å². The van der Waals surface area contributed by atoms with Crippen molar-refractivity contribution in [3.05, 3.63) is 11.1 Å². The van der Waals surface area contributed by atoms with Gasteiger partial charge in [-0.25, -0.2) is 4.98 Å². The number of hydrogen-bond acceptors (Lipinski definition) is 5. The molecule has 2 rings (SSSR count). The average molecular weight is 296 g/mol. The van der Waals surface area contributed by atoms with E-state index < -0.39 is 0 Å². The third-order valence-corrected chi connectivity index (χ3v) is 4.83. The van der Waals surface area contributed by atoms with Gasteiger partial charge in [0.2, 0.25) is 0 Å². The Morgan fingerprint density at radius 2 is 2.20 bits per heavy atom. The Kier molecular flexibility index (Phi) is 5.83. The van der Waals surface area contributed by atoms with Crippen molar-refractivity contribution in [1.82, 2.24) is 4.98 Å². The first-order valence-corrected chi connectivity index (χ1v) is 8.41. The van der Waals surface area contributed by atoms with Gasteiger partial charge in [0.25, 0.3) is 0 Å². The minimum Gasteiger partial charge on any atom is -0.466 e. The highest BCUT2D eigenvalue weighted by Crippen LogP contribution is 2.28. The maximum absolute atomic E-state index is 11.3. The Balaban J connectivity index is 1.86. The fraction of sp³-hybridized carbons (Fsp3) is 0.733. The van der Waals surface area contributed by atoms with E-state index in [9.17, 15) is 4.79 Å². The largest absolute Gasteiger partial charge is 0.466 e. The summed E-state index contributed by atoms with van der Waals surface area (Å²) >= 11 is 1.68. The molecule has 0 unspecified atom stereocenters. The average Bonchev–Trinajstić information content (AvgIpc) is 2.94. The molecule has 0 aliphatic heterocycles. The van der Waals surface area contributed by atoms with Crippen molar-refractivity contribution in [1.29, 1.82) is 0 Å². The van der Waals surface area contributed by atoms with E-state index in [4.69, 9.17) is 4.74 Å². The number of aryl methyl sites for hydroxylation is 1. The molecule has 1 aliphatic rings. The maximum Gasteiger partial charge on any atom is 0.306 e. The van der Waals surface area contributed by atoms with Gasteiger partial charge in [0.1, 0.15) is 0 Å². The van der Waals surface area contributed by atoms with E-state index in [-0.39, 0.29) is 5.97 Å². The van der Waals surface area contributed by atoms with Crippen LogP contribution in [-0.2, 0) is 16.0 Å². The molecule has 1 heterocycles. The molecule has 0 spiro atoms. The van der Waals surface area contributed by atoms with Crippen molar-refractivity contribution >= 4 is 22.4 Å². The number of carbonyl (C=O) groups is 1. The zero-order valence-corrected chi connectivity index (χ0v) is 13.2. The first kappa shape index (κ1) is 15.3. The third kappa shape index (κ3) is 4.20. The molecule has 0 saturated heterocycles. The van der Waals surface area contributed by atoms with Crippen LogP contribution in [0.1, 0.15) is 51.1 Å². The SMILES string of the molecule is CCOC(=O)CCc1csc(N(C)C2CCCCC2)n1. The third-order valence-electron chi connectivity index (χ3n) is 3.85. The highest BCUT2D eigenvalue weighted by Gasteiger charge is 2.20. The Bertz CT molecular complexity index is 427. The number of thiazole rings is 1. The molecule has 20 heavy (non-hydrogen) atoms. The number of hydrogen-bond donors (Lipinski definition) is 0. The highest BCUT2D eigenvalue weighted by atomic mass is 32.1. The van der Waals surface area contributed by atoms with Crippen LogP contribution in [0.3, 0.4) is 0 Å². The number of rotatable bonds is 6. The molecule has 5 heteroatoms. The Hall–Kier alpha value is -1.10. The molecule has 1 aromatic rings. The monoisotopic (exact) mass is 296 g/mol. The van der Waals surface area contributed by atoms with Crippen molar-refractivity contribution in [2.24, 2.45) is 0 Å². The molecule has 112 valence electrons. The van der Waals surface area contributed by atoms with Crippen LogP contribution in [0, 0.1) is 0 Å². The number of aromatic nitrogens is 1. The smallest absolute Gasteiger partial charge is 0.306 e. The van der Waals surface area contributed by atoms with Gasteiger partial charge in [-0.3, -0.25) is 4.79 Å². The van der Waals surface area contributed by atoms with Gasteiger partial charge < -0.3 is 9.64 Å². The summed E-state index contributed by atoms with van der Waals surface area (Å²) in [6, 6.07) is 0.632. The molecule has 1 aliphatic carbocycles. The second-order valence-electron chi connectivity index (χ2n) is 5.33. The number of ether oxygens (including phenoxy) is 1. The van der Waals surface area contributed by atoms with Crippen LogP contribution < -0.4 is 4.90 Å². The van der Waals surface area contributed by atoms with E-state index in [2.05, 4.69) is 22.3 Å². The van der Waals surface area contributed by atoms with Gasteiger partial charge in [0, 0.05) is 24.9 Å². The van der Waals surface area contributed by atoms with Gasteiger partial charge in [-0.1, -0.05) is 19.3 Å². The fourth-order valence-electron chi connectivity index (χ4n) is 2.66. The molecule has 1 aromatic heterocycles. The first-order chi connectivity index (χ1) is 9.70. The van der Waals surface area contributed by atoms with Gasteiger partial charge >= 0.3 is 5.97 Å². The summed E-state index contributed by atoms with van der Waals surface area (Å²) in [6.45, 7) is 2.28. The molecule has 4 nitrogen and oxygen atoms in total. The van der Waals surface area contributed by atoms with Crippen molar-refractivity contribution < 1.29 is 9.53 Å². The van der Waals surface area contributed by atoms with E-state index in [1.54, 1.807) is 11.3 Å². The Morgan fingerprint density at radius 1 is 1.45 bits per heavy atom. The number of nitrogens with zero attached hydrogens (tertiary/aromatic N) is 2. The van der Waals surface area contributed by atoms with Crippen LogP contribution in [0.5, 0.6) is 0 Å². The quantitative estimate of drug-likeness (QED) is 0.755. The summed E-state index contributed by atoms with van der Waals surface area (Å²) in [5.74, 6) is -0.136. The van der Waals surface area contributed by atoms with Crippen LogP contribution in [0.2, 0.25) is 0 Å². The first-order valence-electron chi connectivity index (χ1n) is 7.53. The molecule has 0 amide bonds. The summed E-state index contributed by atoms with van der Waals surface area (Å²) < 4.78 is 4.94. The Morgan fingerprint density at radius 3 is 2.90 bits per heavy atom. The zero-order valence-electron chi connectivity index (χ0n) is 12.4. The second-order valence-corrected chi connectivity index (χ2v) is 6.17. The predicted molar refractivity (Wildman–Crippen MR) is 82.3 cm³/mol. The minimum absolute atomic E-state index is 0.136. The molecule has 0 bridgehead atoms. The van der Waals surface area contributed by atoms with Crippen LogP contribution in [0.15, 0.2) is 5.38 Å². The lowest BCUT2D eigenvalue weighted by molar-refractivity contribution is -0.143. The van der Waals surface area contributed by atoms with Gasteiger partial charge in [0.05, 0.1) is 18.7 Å². The van der Waals surface area contributed by atoms with Crippen LogP contribution in [-0.4, -0.2) is 30.6 Å². The van der Waals surface area contributed by atoms with E-state index in [0.717, 1.165) is 10.8 Å². The molecule has 0 atom stereocenters. The van der Waals surface area contributed by atoms with E-state index in [1.807, 2.05) is 6.92 Å². The van der Waals surface area contributed by atoms with E-state index in [1.165, 1.54) is 32.1 Å². The Labute approximate surface area is 125 Å². The lowest BCUT2D eigenvalue weighted by Gasteiger charge is -2.30. The summed E-state index contributed by atoms with van der Waals surface area (Å²) in [7, 11) is 2.14. The van der Waals surface area contributed by atoms with Gasteiger partial charge in [-0.15, -0.1) is 11.3 Å². The standard InChI is InChI=1S/C15H24N2O2S/c1-3-19-14(18)10-9-12-11-20-15(16-12)17(2)13-7-5-4-6-8-13/h11,13H,3-10H2,1-2H3. The van der Waals surface area contributed by atoms with Gasteiger partial charge in [-0.2, -0.15) is 0 Å². The van der Waals surface area contributed by atoms with Gasteiger partial charge in [-0.05, 0) is 19.8 Å². The lowest BCUT2D eigenvalue weighted by atomic mass is 9.95. The van der Waals surface area contributed by atoms with Crippen molar-refractivity contribution in [2.45, 2.75) is 57.9 Å². The summed E-state index contributed by atoms with van der Waals surface area (Å²) in [6.07, 6.45) is 7.67. The molecule has 1 saturated carbocycles. The van der Waals surface area contributed by atoms with Gasteiger partial charge in [0.15, 0.2) is 5.13 Å². The number of esters is 1. The number of carbonyl (C=O) groups excluding carboxylic acids is 1. The van der Waals surface area contributed by atoms with Crippen LogP contribution in [0.4, 0.5) is 5.13 Å².